The predicted octanol–water partition coefficient (Wildman–Crippen LogP) is 3.27. The van der Waals surface area contributed by atoms with Crippen LogP contribution in [0.15, 0.2) is 18.2 Å². The third-order valence-electron chi connectivity index (χ3n) is 4.80. The van der Waals surface area contributed by atoms with Crippen LogP contribution in [-0.4, -0.2) is 27.6 Å². The molecule has 1 aromatic rings. The number of aryl methyl sites for hydroxylation is 1. The molecule has 0 aromatic heterocycles. The third-order valence-corrected chi connectivity index (χ3v) is 6.97. The first kappa shape index (κ1) is 14.8. The summed E-state index contributed by atoms with van der Waals surface area (Å²) in [6.45, 7) is 1.99. The zero-order valence-corrected chi connectivity index (χ0v) is 13.4. The van der Waals surface area contributed by atoms with Crippen LogP contribution in [0.25, 0.3) is 0 Å². The topological polar surface area (TPSA) is 43.4 Å². The number of carbonyl (C=O) groups is 1. The van der Waals surface area contributed by atoms with Gasteiger partial charge in [-0.2, -0.15) is 0 Å². The molecule has 0 spiro atoms. The molecule has 114 valence electrons. The molecule has 3 rings (SSSR count). The fraction of sp³-hybridized carbons (Fsp3) is 0.588. The first-order valence-electron chi connectivity index (χ1n) is 7.68. The summed E-state index contributed by atoms with van der Waals surface area (Å²) in [6.07, 6.45) is 4.74. The van der Waals surface area contributed by atoms with Gasteiger partial charge in [0.25, 0.3) is 0 Å². The van der Waals surface area contributed by atoms with E-state index < -0.39 is 10.8 Å². The van der Waals surface area contributed by atoms with Crippen molar-refractivity contribution >= 4 is 16.6 Å². The predicted molar refractivity (Wildman–Crippen MR) is 84.4 cm³/mol. The maximum absolute atomic E-state index is 12.8. The van der Waals surface area contributed by atoms with Crippen molar-refractivity contribution in [2.24, 2.45) is 5.92 Å². The molecule has 2 aliphatic heterocycles. The van der Waals surface area contributed by atoms with Crippen LogP contribution in [0.4, 0.5) is 0 Å². The largest absolute Gasteiger partial charge is 0.496 e. The second-order valence-corrected chi connectivity index (χ2v) is 8.23. The van der Waals surface area contributed by atoms with E-state index >= 15 is 0 Å². The number of fused-ring (bicyclic) bond motifs is 2. The normalized spacial score (nSPS) is 31.7. The smallest absolute Gasteiger partial charge is 0.169 e. The Morgan fingerprint density at radius 3 is 2.52 bits per heavy atom. The monoisotopic (exact) mass is 306 g/mol. The molecular formula is C17H22O3S. The molecule has 0 N–H and O–H groups in total. The minimum atomic E-state index is -0.724. The number of rotatable bonds is 3. The van der Waals surface area contributed by atoms with Crippen molar-refractivity contribution in [2.45, 2.75) is 49.5 Å². The van der Waals surface area contributed by atoms with E-state index in [-0.39, 0.29) is 22.2 Å². The summed E-state index contributed by atoms with van der Waals surface area (Å²) >= 11 is 0. The standard InChI is InChI=1S/C17H22O3S/c1-11-6-7-15(16(8-11)20-2)17(18)12-9-13-4-3-5-14(10-12)21(13)19/h6-8,12-14H,3-5,9-10H2,1-2H3. The van der Waals surface area contributed by atoms with Crippen LogP contribution >= 0.6 is 0 Å². The van der Waals surface area contributed by atoms with Crippen LogP contribution < -0.4 is 4.74 Å². The van der Waals surface area contributed by atoms with Crippen LogP contribution in [-0.2, 0) is 10.8 Å². The van der Waals surface area contributed by atoms with E-state index in [9.17, 15) is 9.00 Å². The molecule has 0 radical (unpaired) electrons. The lowest BCUT2D eigenvalue weighted by Crippen LogP contribution is -2.41. The molecule has 1 aromatic carbocycles. The molecule has 2 saturated heterocycles. The van der Waals surface area contributed by atoms with Gasteiger partial charge in [-0.05, 0) is 50.3 Å². The average molecular weight is 306 g/mol. The number of ketones is 1. The van der Waals surface area contributed by atoms with Crippen molar-refractivity contribution in [3.05, 3.63) is 29.3 Å². The molecule has 2 heterocycles. The first-order valence-corrected chi connectivity index (χ1v) is 8.96. The highest BCUT2D eigenvalue weighted by Crippen LogP contribution is 2.39. The maximum atomic E-state index is 12.8. The van der Waals surface area contributed by atoms with E-state index in [1.54, 1.807) is 7.11 Å². The van der Waals surface area contributed by atoms with E-state index in [1.165, 1.54) is 0 Å². The van der Waals surface area contributed by atoms with Crippen LogP contribution in [0.2, 0.25) is 0 Å². The van der Waals surface area contributed by atoms with Crippen molar-refractivity contribution in [2.75, 3.05) is 7.11 Å². The molecule has 2 atom stereocenters. The molecule has 3 nitrogen and oxygen atoms in total. The zero-order chi connectivity index (χ0) is 15.0. The SMILES string of the molecule is COc1cc(C)ccc1C(=O)C1CC2CCCC(C1)S2=O. The van der Waals surface area contributed by atoms with Crippen LogP contribution in [0.5, 0.6) is 5.75 Å². The van der Waals surface area contributed by atoms with Gasteiger partial charge in [0.2, 0.25) is 0 Å². The summed E-state index contributed by atoms with van der Waals surface area (Å²) in [7, 11) is 0.883. The number of ether oxygens (including phenoxy) is 1. The molecule has 21 heavy (non-hydrogen) atoms. The Bertz CT molecular complexity index is 565. The first-order chi connectivity index (χ1) is 10.1. The summed E-state index contributed by atoms with van der Waals surface area (Å²) in [4.78, 5) is 12.8. The minimum Gasteiger partial charge on any atom is -0.496 e. The van der Waals surface area contributed by atoms with Crippen molar-refractivity contribution in [1.29, 1.82) is 0 Å². The molecule has 2 bridgehead atoms. The number of hydrogen-bond donors (Lipinski definition) is 0. The van der Waals surface area contributed by atoms with Crippen molar-refractivity contribution in [3.8, 4) is 5.75 Å². The van der Waals surface area contributed by atoms with Gasteiger partial charge in [-0.15, -0.1) is 0 Å². The molecule has 2 aliphatic rings. The average Bonchev–Trinajstić information content (AvgIpc) is 2.46. The quantitative estimate of drug-likeness (QED) is 0.805. The summed E-state index contributed by atoms with van der Waals surface area (Å²) < 4.78 is 17.6. The maximum Gasteiger partial charge on any atom is 0.169 e. The fourth-order valence-electron chi connectivity index (χ4n) is 3.67. The lowest BCUT2D eigenvalue weighted by molar-refractivity contribution is 0.0892. The highest BCUT2D eigenvalue weighted by atomic mass is 32.2. The van der Waals surface area contributed by atoms with Crippen LogP contribution in [0.1, 0.15) is 48.0 Å². The van der Waals surface area contributed by atoms with Gasteiger partial charge in [0.05, 0.1) is 12.7 Å². The Kier molecular flexibility index (Phi) is 4.16. The van der Waals surface area contributed by atoms with Gasteiger partial charge < -0.3 is 4.74 Å². The van der Waals surface area contributed by atoms with Gasteiger partial charge in [0, 0.05) is 27.2 Å². The van der Waals surface area contributed by atoms with E-state index in [0.29, 0.717) is 11.3 Å². The lowest BCUT2D eigenvalue weighted by atomic mass is 9.84. The van der Waals surface area contributed by atoms with Gasteiger partial charge in [-0.1, -0.05) is 12.5 Å². The number of carbonyl (C=O) groups excluding carboxylic acids is 1. The van der Waals surface area contributed by atoms with E-state index in [2.05, 4.69) is 0 Å². The van der Waals surface area contributed by atoms with Crippen LogP contribution in [0.3, 0.4) is 0 Å². The molecule has 2 fully saturated rings. The van der Waals surface area contributed by atoms with E-state index in [1.807, 2.05) is 25.1 Å². The summed E-state index contributed by atoms with van der Waals surface area (Å²) in [6, 6.07) is 5.74. The summed E-state index contributed by atoms with van der Waals surface area (Å²) in [5, 5.41) is 0.450. The van der Waals surface area contributed by atoms with E-state index in [4.69, 9.17) is 4.74 Å². The number of methoxy groups -OCH3 is 1. The van der Waals surface area contributed by atoms with Crippen molar-refractivity contribution in [1.82, 2.24) is 0 Å². The molecule has 4 heteroatoms. The summed E-state index contributed by atoms with van der Waals surface area (Å²) in [5.41, 5.74) is 1.77. The highest BCUT2D eigenvalue weighted by Gasteiger charge is 2.41. The second-order valence-electron chi connectivity index (χ2n) is 6.24. The third kappa shape index (κ3) is 2.78. The fourth-order valence-corrected chi connectivity index (χ4v) is 5.86. The van der Waals surface area contributed by atoms with Gasteiger partial charge in [0.1, 0.15) is 5.75 Å². The summed E-state index contributed by atoms with van der Waals surface area (Å²) in [5.74, 6) is 0.840. The number of hydrogen-bond acceptors (Lipinski definition) is 3. The Hall–Kier alpha value is -1.16. The van der Waals surface area contributed by atoms with Gasteiger partial charge in [-0.25, -0.2) is 0 Å². The lowest BCUT2D eigenvalue weighted by Gasteiger charge is -2.37. The highest BCUT2D eigenvalue weighted by molar-refractivity contribution is 7.86. The molecular weight excluding hydrogens is 284 g/mol. The molecule has 0 aliphatic carbocycles. The van der Waals surface area contributed by atoms with Crippen molar-refractivity contribution < 1.29 is 13.7 Å². The Balaban J connectivity index is 1.84. The number of Topliss-reactive ketones (excluding diaryl/α,β-unsaturated/α-hetero) is 1. The van der Waals surface area contributed by atoms with Gasteiger partial charge in [-0.3, -0.25) is 9.00 Å². The molecule has 0 amide bonds. The second kappa shape index (κ2) is 5.91. The van der Waals surface area contributed by atoms with Crippen molar-refractivity contribution in [3.63, 3.8) is 0 Å². The Labute approximate surface area is 128 Å². The molecule has 0 saturated carbocycles. The Morgan fingerprint density at radius 1 is 1.24 bits per heavy atom. The van der Waals surface area contributed by atoms with E-state index in [0.717, 1.165) is 37.7 Å². The van der Waals surface area contributed by atoms with Gasteiger partial charge >= 0.3 is 0 Å². The zero-order valence-electron chi connectivity index (χ0n) is 12.6. The Morgan fingerprint density at radius 2 is 1.90 bits per heavy atom. The van der Waals surface area contributed by atoms with Gasteiger partial charge in [0.15, 0.2) is 5.78 Å². The number of benzene rings is 1. The van der Waals surface area contributed by atoms with Crippen LogP contribution in [0, 0.1) is 12.8 Å². The molecule has 2 unspecified atom stereocenters. The minimum absolute atomic E-state index is 0.00889.